The second-order valence-electron chi connectivity index (χ2n) is 8.02. The highest BCUT2D eigenvalue weighted by atomic mass is 16.5. The monoisotopic (exact) mass is 399 g/mol. The lowest BCUT2D eigenvalue weighted by molar-refractivity contribution is 0.0694. The first kappa shape index (κ1) is 19.5. The van der Waals surface area contributed by atoms with Gasteiger partial charge in [-0.3, -0.25) is 4.79 Å². The van der Waals surface area contributed by atoms with Gasteiger partial charge in [-0.2, -0.15) is 0 Å². The minimum absolute atomic E-state index is 0.0870. The second kappa shape index (κ2) is 7.22. The Morgan fingerprint density at radius 3 is 2.59 bits per heavy atom. The van der Waals surface area contributed by atoms with Crippen molar-refractivity contribution in [2.45, 2.75) is 32.2 Å². The van der Waals surface area contributed by atoms with Crippen molar-refractivity contribution < 1.29 is 24.1 Å². The third-order valence-corrected chi connectivity index (χ3v) is 6.11. The zero-order chi connectivity index (χ0) is 20.8. The van der Waals surface area contributed by atoms with E-state index >= 15 is 0 Å². The zero-order valence-corrected chi connectivity index (χ0v) is 16.9. The molecule has 1 unspecified atom stereocenters. The van der Waals surface area contributed by atoms with Crippen LogP contribution in [0.2, 0.25) is 0 Å². The Morgan fingerprint density at radius 2 is 1.97 bits per heavy atom. The summed E-state index contributed by atoms with van der Waals surface area (Å²) < 4.78 is 18.4. The summed E-state index contributed by atoms with van der Waals surface area (Å²) in [5.74, 6) is 0.00784. The molecule has 1 atom stereocenters. The predicted molar refractivity (Wildman–Crippen MR) is 107 cm³/mol. The first-order chi connectivity index (χ1) is 13.9. The van der Waals surface area contributed by atoms with Crippen LogP contribution in [0, 0.1) is 5.41 Å². The fourth-order valence-corrected chi connectivity index (χ4v) is 4.12. The SMILES string of the molecule is COCCOc1cc2c(cc1OC)-c1cc(=O)c(C(=O)O)cn1C(C1(C)CC1)C2. The van der Waals surface area contributed by atoms with Gasteiger partial charge in [0.05, 0.1) is 19.4 Å². The highest BCUT2D eigenvalue weighted by Gasteiger charge is 2.47. The molecule has 2 aromatic rings. The molecule has 1 N–H and O–H groups in total. The van der Waals surface area contributed by atoms with Gasteiger partial charge in [-0.25, -0.2) is 4.79 Å². The molecule has 7 nitrogen and oxygen atoms in total. The number of rotatable bonds is 7. The van der Waals surface area contributed by atoms with Crippen LogP contribution in [0.1, 0.15) is 41.7 Å². The molecule has 0 radical (unpaired) electrons. The molecule has 2 aliphatic rings. The van der Waals surface area contributed by atoms with E-state index in [0.717, 1.165) is 36.1 Å². The summed E-state index contributed by atoms with van der Waals surface area (Å²) in [6.45, 7) is 3.09. The number of carboxylic acid groups (broad SMARTS) is 1. The summed E-state index contributed by atoms with van der Waals surface area (Å²) in [4.78, 5) is 24.0. The molecule has 1 fully saturated rings. The largest absolute Gasteiger partial charge is 0.493 e. The summed E-state index contributed by atoms with van der Waals surface area (Å²) in [6, 6.07) is 5.37. The van der Waals surface area contributed by atoms with Crippen LogP contribution in [0.15, 0.2) is 29.2 Å². The molecule has 29 heavy (non-hydrogen) atoms. The lowest BCUT2D eigenvalue weighted by Gasteiger charge is -2.35. The van der Waals surface area contributed by atoms with Crippen LogP contribution in [0.25, 0.3) is 11.3 Å². The maximum Gasteiger partial charge on any atom is 0.341 e. The van der Waals surface area contributed by atoms with Crippen molar-refractivity contribution in [3.05, 3.63) is 45.7 Å². The Labute approximate surface area is 168 Å². The van der Waals surface area contributed by atoms with Gasteiger partial charge in [0.15, 0.2) is 16.9 Å². The van der Waals surface area contributed by atoms with Crippen molar-refractivity contribution in [3.8, 4) is 22.8 Å². The molecule has 1 aliphatic carbocycles. The van der Waals surface area contributed by atoms with Crippen molar-refractivity contribution in [2.24, 2.45) is 5.41 Å². The number of methoxy groups -OCH3 is 2. The van der Waals surface area contributed by atoms with Crippen LogP contribution in [0.5, 0.6) is 11.5 Å². The minimum Gasteiger partial charge on any atom is -0.493 e. The van der Waals surface area contributed by atoms with Gasteiger partial charge in [0.1, 0.15) is 12.2 Å². The van der Waals surface area contributed by atoms with Gasteiger partial charge in [-0.15, -0.1) is 0 Å². The normalized spacial score (nSPS) is 18.5. The quantitative estimate of drug-likeness (QED) is 0.720. The van der Waals surface area contributed by atoms with E-state index in [1.165, 1.54) is 12.3 Å². The number of carbonyl (C=O) groups is 1. The molecular formula is C22H25NO6. The first-order valence-corrected chi connectivity index (χ1v) is 9.70. The van der Waals surface area contributed by atoms with Crippen LogP contribution in [0.3, 0.4) is 0 Å². The fourth-order valence-electron chi connectivity index (χ4n) is 4.12. The lowest BCUT2D eigenvalue weighted by atomic mass is 9.84. The molecule has 0 saturated heterocycles. The third kappa shape index (κ3) is 3.40. The predicted octanol–water partition coefficient (Wildman–Crippen LogP) is 3.14. The molecule has 0 amide bonds. The number of pyridine rings is 1. The average molecular weight is 399 g/mol. The molecule has 1 saturated carbocycles. The Bertz CT molecular complexity index is 1020. The number of nitrogens with zero attached hydrogens (tertiary/aromatic N) is 1. The van der Waals surface area contributed by atoms with Crippen LogP contribution in [-0.2, 0) is 11.2 Å². The van der Waals surface area contributed by atoms with Gasteiger partial charge < -0.3 is 23.9 Å². The second-order valence-corrected chi connectivity index (χ2v) is 8.02. The van der Waals surface area contributed by atoms with E-state index in [2.05, 4.69) is 6.92 Å². The standard InChI is InChI=1S/C22H25NO6/c1-22(4-5-22)20-9-13-8-19(29-7-6-27-2)18(28-3)10-14(13)16-11-17(24)15(21(25)26)12-23(16)20/h8,10-12,20H,4-7,9H2,1-3H3,(H,25,26). The van der Waals surface area contributed by atoms with E-state index in [1.54, 1.807) is 14.2 Å². The van der Waals surface area contributed by atoms with Crippen molar-refractivity contribution >= 4 is 5.97 Å². The summed E-state index contributed by atoms with van der Waals surface area (Å²) in [5.41, 5.74) is 2.07. The topological polar surface area (TPSA) is 87.0 Å². The van der Waals surface area contributed by atoms with Gasteiger partial charge in [0.2, 0.25) is 0 Å². The molecule has 7 heteroatoms. The van der Waals surface area contributed by atoms with Crippen LogP contribution in [0.4, 0.5) is 0 Å². The Hall–Kier alpha value is -2.80. The van der Waals surface area contributed by atoms with Crippen molar-refractivity contribution in [3.63, 3.8) is 0 Å². The Morgan fingerprint density at radius 1 is 1.21 bits per heavy atom. The fraction of sp³-hybridized carbons (Fsp3) is 0.455. The number of fused-ring (bicyclic) bond motifs is 3. The zero-order valence-electron chi connectivity index (χ0n) is 16.9. The van der Waals surface area contributed by atoms with E-state index in [0.29, 0.717) is 24.7 Å². The van der Waals surface area contributed by atoms with E-state index in [9.17, 15) is 14.7 Å². The van der Waals surface area contributed by atoms with Gasteiger partial charge >= 0.3 is 5.97 Å². The minimum atomic E-state index is -1.20. The number of hydrogen-bond acceptors (Lipinski definition) is 5. The van der Waals surface area contributed by atoms with Crippen LogP contribution < -0.4 is 14.9 Å². The number of carboxylic acids is 1. The van der Waals surface area contributed by atoms with Gasteiger partial charge in [0, 0.05) is 31.0 Å². The van der Waals surface area contributed by atoms with Crippen LogP contribution in [-0.4, -0.2) is 43.1 Å². The van der Waals surface area contributed by atoms with Crippen molar-refractivity contribution in [1.29, 1.82) is 0 Å². The average Bonchev–Trinajstić information content (AvgIpc) is 3.44. The molecule has 2 heterocycles. The van der Waals surface area contributed by atoms with E-state index < -0.39 is 11.4 Å². The summed E-state index contributed by atoms with van der Waals surface area (Å²) in [6.07, 6.45) is 4.40. The number of aromatic carboxylic acids is 1. The smallest absolute Gasteiger partial charge is 0.341 e. The number of benzene rings is 1. The highest BCUT2D eigenvalue weighted by molar-refractivity contribution is 5.88. The molecule has 0 bridgehead atoms. The Kier molecular flexibility index (Phi) is 4.86. The number of ether oxygens (including phenoxy) is 3. The molecule has 0 spiro atoms. The summed E-state index contributed by atoms with van der Waals surface area (Å²) >= 11 is 0. The maximum absolute atomic E-state index is 12.4. The van der Waals surface area contributed by atoms with Crippen LogP contribution >= 0.6 is 0 Å². The van der Waals surface area contributed by atoms with Crippen molar-refractivity contribution in [2.75, 3.05) is 27.4 Å². The third-order valence-electron chi connectivity index (χ3n) is 6.11. The molecule has 1 aromatic carbocycles. The summed E-state index contributed by atoms with van der Waals surface area (Å²) in [7, 11) is 3.19. The van der Waals surface area contributed by atoms with E-state index in [1.807, 2.05) is 16.7 Å². The summed E-state index contributed by atoms with van der Waals surface area (Å²) in [5, 5.41) is 9.43. The van der Waals surface area contributed by atoms with Crippen molar-refractivity contribution in [1.82, 2.24) is 4.57 Å². The molecule has 1 aromatic heterocycles. The maximum atomic E-state index is 12.4. The van der Waals surface area contributed by atoms with Gasteiger partial charge in [-0.1, -0.05) is 6.92 Å². The van der Waals surface area contributed by atoms with Gasteiger partial charge in [-0.05, 0) is 42.4 Å². The Balaban J connectivity index is 1.87. The molecule has 4 rings (SSSR count). The van der Waals surface area contributed by atoms with E-state index in [4.69, 9.17) is 14.2 Å². The number of aromatic nitrogens is 1. The number of hydrogen-bond donors (Lipinski definition) is 1. The highest BCUT2D eigenvalue weighted by Crippen LogP contribution is 2.57. The lowest BCUT2D eigenvalue weighted by Crippen LogP contribution is -2.29. The molecular weight excluding hydrogens is 374 g/mol. The molecule has 154 valence electrons. The van der Waals surface area contributed by atoms with E-state index in [-0.39, 0.29) is 17.0 Å². The van der Waals surface area contributed by atoms with Gasteiger partial charge in [0.25, 0.3) is 0 Å². The first-order valence-electron chi connectivity index (χ1n) is 9.70. The molecule has 1 aliphatic heterocycles.